The first kappa shape index (κ1) is 8.32. The molecule has 0 aliphatic heterocycles. The molecule has 0 heterocycles. The molecule has 11 heavy (non-hydrogen) atoms. The van der Waals surface area contributed by atoms with Gasteiger partial charge in [0, 0.05) is 0 Å². The van der Waals surface area contributed by atoms with Crippen LogP contribution in [0.4, 0.5) is 0 Å². The molecule has 0 fully saturated rings. The third-order valence-electron chi connectivity index (χ3n) is 1.15. The van der Waals surface area contributed by atoms with Crippen LogP contribution in [0.2, 0.25) is 0 Å². The maximum atomic E-state index is 10.4. The lowest BCUT2D eigenvalue weighted by Gasteiger charge is -1.99. The molecule has 0 spiro atoms. The summed E-state index contributed by atoms with van der Waals surface area (Å²) in [6.45, 7) is 0. The number of benzene rings is 1. The fraction of sp³-hybridized carbons (Fsp3) is 0. The average Bonchev–Trinajstić information content (AvgIpc) is 1.94. The minimum atomic E-state index is -1.14. The normalized spacial score (nSPS) is 9.55. The Hall–Kier alpha value is -0.780. The van der Waals surface area contributed by atoms with Crippen LogP contribution in [0.5, 0.6) is 5.75 Å². The molecule has 4 heteroatoms. The quantitative estimate of drug-likeness (QED) is 0.755. The lowest BCUT2D eigenvalue weighted by Crippen LogP contribution is -1.97. The van der Waals surface area contributed by atoms with E-state index in [4.69, 9.17) is 10.2 Å². The van der Waals surface area contributed by atoms with E-state index in [9.17, 15) is 4.79 Å². The van der Waals surface area contributed by atoms with Crippen molar-refractivity contribution in [3.8, 4) is 5.75 Å². The SMILES string of the molecule is O=C(O)c1c[c]cc(I)c1O. The smallest absolute Gasteiger partial charge is 0.339 e. The molecule has 0 aromatic heterocycles. The van der Waals surface area contributed by atoms with Crippen LogP contribution < -0.4 is 0 Å². The minimum Gasteiger partial charge on any atom is -0.506 e. The highest BCUT2D eigenvalue weighted by Crippen LogP contribution is 2.23. The molecule has 0 bridgehead atoms. The summed E-state index contributed by atoms with van der Waals surface area (Å²) in [4.78, 5) is 10.4. The number of aromatic hydroxyl groups is 1. The molecule has 57 valence electrons. The number of phenols is 1. The molecule has 1 rings (SSSR count). The fourth-order valence-corrected chi connectivity index (χ4v) is 1.10. The van der Waals surface area contributed by atoms with Crippen LogP contribution in [0.25, 0.3) is 0 Å². The van der Waals surface area contributed by atoms with E-state index in [2.05, 4.69) is 6.07 Å². The zero-order valence-electron chi connectivity index (χ0n) is 5.34. The van der Waals surface area contributed by atoms with Crippen LogP contribution in [0.3, 0.4) is 0 Å². The minimum absolute atomic E-state index is 0.114. The second-order valence-corrected chi connectivity index (χ2v) is 3.03. The molecule has 2 N–H and O–H groups in total. The van der Waals surface area contributed by atoms with Gasteiger partial charge in [0.1, 0.15) is 11.3 Å². The van der Waals surface area contributed by atoms with Crippen LogP contribution in [0.1, 0.15) is 10.4 Å². The number of hydrogen-bond donors (Lipinski definition) is 2. The standard InChI is InChI=1S/C7H4IO3/c8-5-3-1-2-4(6(5)9)7(10)11/h2-3,9H,(H,10,11). The van der Waals surface area contributed by atoms with Gasteiger partial charge >= 0.3 is 5.97 Å². The van der Waals surface area contributed by atoms with Gasteiger partial charge in [0.25, 0.3) is 0 Å². The van der Waals surface area contributed by atoms with E-state index in [0.29, 0.717) is 3.57 Å². The van der Waals surface area contributed by atoms with Crippen molar-refractivity contribution in [2.24, 2.45) is 0 Å². The Kier molecular flexibility index (Phi) is 2.33. The lowest BCUT2D eigenvalue weighted by atomic mass is 10.2. The zero-order valence-corrected chi connectivity index (χ0v) is 7.49. The Morgan fingerprint density at radius 2 is 2.18 bits per heavy atom. The van der Waals surface area contributed by atoms with Crippen molar-refractivity contribution in [2.75, 3.05) is 0 Å². The lowest BCUT2D eigenvalue weighted by molar-refractivity contribution is 0.0693. The van der Waals surface area contributed by atoms with Gasteiger partial charge in [-0.25, -0.2) is 4.79 Å². The first-order valence-corrected chi connectivity index (χ1v) is 3.82. The molecule has 1 radical (unpaired) electrons. The molecular formula is C7H4IO3. The number of halogens is 1. The van der Waals surface area contributed by atoms with E-state index in [1.807, 2.05) is 22.6 Å². The molecule has 0 amide bonds. The highest BCUT2D eigenvalue weighted by atomic mass is 127. The summed E-state index contributed by atoms with van der Waals surface area (Å²) in [6.07, 6.45) is 0. The summed E-state index contributed by atoms with van der Waals surface area (Å²) in [7, 11) is 0. The molecule has 0 saturated heterocycles. The largest absolute Gasteiger partial charge is 0.506 e. The summed E-state index contributed by atoms with van der Waals surface area (Å²) < 4.78 is 0.488. The first-order chi connectivity index (χ1) is 5.13. The zero-order chi connectivity index (χ0) is 8.43. The summed E-state index contributed by atoms with van der Waals surface area (Å²) in [5.41, 5.74) is -0.114. The number of carbonyl (C=O) groups is 1. The second kappa shape index (κ2) is 3.08. The van der Waals surface area contributed by atoms with E-state index >= 15 is 0 Å². The Balaban J connectivity index is 3.27. The Morgan fingerprint density at radius 3 is 2.64 bits per heavy atom. The van der Waals surface area contributed by atoms with Crippen LogP contribution in [-0.2, 0) is 0 Å². The van der Waals surface area contributed by atoms with Crippen LogP contribution >= 0.6 is 22.6 Å². The Morgan fingerprint density at radius 1 is 1.55 bits per heavy atom. The highest BCUT2D eigenvalue weighted by molar-refractivity contribution is 14.1. The average molecular weight is 263 g/mol. The van der Waals surface area contributed by atoms with Crippen molar-refractivity contribution in [1.82, 2.24) is 0 Å². The van der Waals surface area contributed by atoms with Crippen molar-refractivity contribution >= 4 is 28.6 Å². The van der Waals surface area contributed by atoms with E-state index in [0.717, 1.165) is 0 Å². The monoisotopic (exact) mass is 263 g/mol. The van der Waals surface area contributed by atoms with Crippen molar-refractivity contribution in [3.05, 3.63) is 27.3 Å². The van der Waals surface area contributed by atoms with Crippen LogP contribution in [0, 0.1) is 9.64 Å². The highest BCUT2D eigenvalue weighted by Gasteiger charge is 2.10. The van der Waals surface area contributed by atoms with Crippen LogP contribution in [-0.4, -0.2) is 16.2 Å². The van der Waals surface area contributed by atoms with Crippen molar-refractivity contribution < 1.29 is 15.0 Å². The molecule has 0 aliphatic rings. The van der Waals surface area contributed by atoms with Crippen molar-refractivity contribution in [3.63, 3.8) is 0 Å². The van der Waals surface area contributed by atoms with Gasteiger partial charge in [-0.05, 0) is 40.8 Å². The molecule has 0 atom stereocenters. The van der Waals surface area contributed by atoms with E-state index in [1.54, 1.807) is 0 Å². The Bertz CT molecular complexity index is 296. The van der Waals surface area contributed by atoms with Gasteiger partial charge < -0.3 is 10.2 Å². The number of hydrogen-bond acceptors (Lipinski definition) is 2. The number of aromatic carboxylic acids is 1. The molecule has 1 aromatic carbocycles. The summed E-state index contributed by atoms with van der Waals surface area (Å²) in [5, 5.41) is 17.7. The van der Waals surface area contributed by atoms with Crippen LogP contribution in [0.15, 0.2) is 12.1 Å². The van der Waals surface area contributed by atoms with E-state index in [1.165, 1.54) is 12.1 Å². The molecule has 0 saturated carbocycles. The second-order valence-electron chi connectivity index (χ2n) is 1.87. The number of rotatable bonds is 1. The maximum absolute atomic E-state index is 10.4. The van der Waals surface area contributed by atoms with Gasteiger partial charge in [-0.3, -0.25) is 0 Å². The van der Waals surface area contributed by atoms with Crippen molar-refractivity contribution in [2.45, 2.75) is 0 Å². The van der Waals surface area contributed by atoms with Gasteiger partial charge in [-0.15, -0.1) is 0 Å². The first-order valence-electron chi connectivity index (χ1n) is 2.75. The molecule has 0 unspecified atom stereocenters. The molecule has 1 aromatic rings. The van der Waals surface area contributed by atoms with Crippen molar-refractivity contribution in [1.29, 1.82) is 0 Å². The number of carboxylic acid groups (broad SMARTS) is 1. The van der Waals surface area contributed by atoms with Gasteiger partial charge in [-0.2, -0.15) is 0 Å². The third-order valence-corrected chi connectivity index (χ3v) is 1.97. The van der Waals surface area contributed by atoms with Gasteiger partial charge in [0.05, 0.1) is 3.57 Å². The van der Waals surface area contributed by atoms with Gasteiger partial charge in [-0.1, -0.05) is 0 Å². The number of carboxylic acids is 1. The fourth-order valence-electron chi connectivity index (χ4n) is 0.627. The third kappa shape index (κ3) is 1.62. The maximum Gasteiger partial charge on any atom is 0.339 e. The molecular weight excluding hydrogens is 259 g/mol. The van der Waals surface area contributed by atoms with Gasteiger partial charge in [0.2, 0.25) is 0 Å². The summed E-state index contributed by atoms with van der Waals surface area (Å²) in [6, 6.07) is 5.36. The Labute approximate surface area is 76.8 Å². The summed E-state index contributed by atoms with van der Waals surface area (Å²) in [5.74, 6) is -1.34. The topological polar surface area (TPSA) is 57.5 Å². The predicted molar refractivity (Wildman–Crippen MR) is 46.6 cm³/mol. The predicted octanol–water partition coefficient (Wildman–Crippen LogP) is 1.50. The molecule has 0 aliphatic carbocycles. The van der Waals surface area contributed by atoms with E-state index in [-0.39, 0.29) is 11.3 Å². The van der Waals surface area contributed by atoms with E-state index < -0.39 is 5.97 Å². The molecule has 3 nitrogen and oxygen atoms in total. The van der Waals surface area contributed by atoms with Gasteiger partial charge in [0.15, 0.2) is 0 Å². The summed E-state index contributed by atoms with van der Waals surface area (Å²) >= 11 is 1.84.